The molecule has 2 rings (SSSR count). The summed E-state index contributed by atoms with van der Waals surface area (Å²) in [5, 5.41) is 11.8. The van der Waals surface area contributed by atoms with Crippen LogP contribution in [0.4, 0.5) is 19.0 Å². The molecule has 7 heteroatoms. The first-order valence-electron chi connectivity index (χ1n) is 6.48. The van der Waals surface area contributed by atoms with Crippen LogP contribution in [0.2, 0.25) is 0 Å². The highest BCUT2D eigenvalue weighted by Crippen LogP contribution is 2.39. The number of halogens is 3. The summed E-state index contributed by atoms with van der Waals surface area (Å²) in [6, 6.07) is 7.48. The highest BCUT2D eigenvalue weighted by Gasteiger charge is 2.37. The molecule has 0 aliphatic rings. The molecule has 0 bridgehead atoms. The molecule has 4 nitrogen and oxygen atoms in total. The minimum atomic E-state index is -4.64. The molecular formula is C15H13F3N4. The van der Waals surface area contributed by atoms with E-state index < -0.39 is 17.3 Å². The molecule has 1 heterocycles. The van der Waals surface area contributed by atoms with Crippen LogP contribution in [0.25, 0.3) is 10.9 Å². The summed E-state index contributed by atoms with van der Waals surface area (Å²) in [6.07, 6.45) is -1.33. The Kier molecular flexibility index (Phi) is 4.63. The number of fused-ring (bicyclic) bond motifs is 1. The van der Waals surface area contributed by atoms with Gasteiger partial charge in [0.05, 0.1) is 11.1 Å². The fourth-order valence-electron chi connectivity index (χ4n) is 2.08. The standard InChI is InChI=1S/C15H13F3N4/c16-15(17,18)13-10-5-1-2-6-12(10)22-14(11(13)9-20)21-8-4-3-7-19/h1-6H,7-8,19H2,(H,21,22)/b4-3+. The Morgan fingerprint density at radius 3 is 2.64 bits per heavy atom. The molecule has 2 aromatic rings. The van der Waals surface area contributed by atoms with E-state index >= 15 is 0 Å². The SMILES string of the molecule is N#Cc1c(NC/C=C/CN)nc2ccccc2c1C(F)(F)F. The predicted octanol–water partition coefficient (Wildman–Crippen LogP) is 3.05. The van der Waals surface area contributed by atoms with E-state index in [1.807, 2.05) is 0 Å². The Hall–Kier alpha value is -2.59. The van der Waals surface area contributed by atoms with E-state index in [9.17, 15) is 13.2 Å². The Balaban J connectivity index is 2.62. The van der Waals surface area contributed by atoms with Gasteiger partial charge in [0.15, 0.2) is 0 Å². The molecule has 0 saturated carbocycles. The van der Waals surface area contributed by atoms with Crippen molar-refractivity contribution in [1.82, 2.24) is 4.98 Å². The van der Waals surface area contributed by atoms with Crippen LogP contribution in [0.5, 0.6) is 0 Å². The van der Waals surface area contributed by atoms with Gasteiger partial charge in [0, 0.05) is 18.5 Å². The van der Waals surface area contributed by atoms with Crippen LogP contribution in [-0.2, 0) is 6.18 Å². The van der Waals surface area contributed by atoms with E-state index in [4.69, 9.17) is 11.0 Å². The summed E-state index contributed by atoms with van der Waals surface area (Å²) >= 11 is 0. The first-order chi connectivity index (χ1) is 10.5. The summed E-state index contributed by atoms with van der Waals surface area (Å²) in [5.41, 5.74) is 3.99. The number of rotatable bonds is 4. The van der Waals surface area contributed by atoms with Gasteiger partial charge < -0.3 is 11.1 Å². The molecule has 3 N–H and O–H groups in total. The molecule has 1 aromatic heterocycles. The van der Waals surface area contributed by atoms with Gasteiger partial charge in [-0.3, -0.25) is 0 Å². The topological polar surface area (TPSA) is 74.7 Å². The normalized spacial score (nSPS) is 11.8. The first kappa shape index (κ1) is 15.8. The number of anilines is 1. The van der Waals surface area contributed by atoms with Crippen molar-refractivity contribution >= 4 is 16.7 Å². The van der Waals surface area contributed by atoms with Crippen LogP contribution in [0.3, 0.4) is 0 Å². The molecule has 0 saturated heterocycles. The molecular weight excluding hydrogens is 293 g/mol. The average Bonchev–Trinajstić information content (AvgIpc) is 2.49. The van der Waals surface area contributed by atoms with E-state index in [1.165, 1.54) is 18.2 Å². The molecule has 0 atom stereocenters. The molecule has 114 valence electrons. The highest BCUT2D eigenvalue weighted by atomic mass is 19.4. The number of nitrogens with two attached hydrogens (primary N) is 1. The van der Waals surface area contributed by atoms with Crippen LogP contribution in [0, 0.1) is 11.3 Å². The number of pyridine rings is 1. The summed E-state index contributed by atoms with van der Waals surface area (Å²) in [7, 11) is 0. The van der Waals surface area contributed by atoms with Crippen LogP contribution >= 0.6 is 0 Å². The van der Waals surface area contributed by atoms with Crippen molar-refractivity contribution < 1.29 is 13.2 Å². The molecule has 0 amide bonds. The fraction of sp³-hybridized carbons (Fsp3) is 0.200. The Morgan fingerprint density at radius 2 is 2.00 bits per heavy atom. The first-order valence-corrected chi connectivity index (χ1v) is 6.48. The lowest BCUT2D eigenvalue weighted by Crippen LogP contribution is -2.13. The zero-order chi connectivity index (χ0) is 16.2. The largest absolute Gasteiger partial charge is 0.418 e. The Bertz CT molecular complexity index is 745. The Morgan fingerprint density at radius 1 is 1.27 bits per heavy atom. The third kappa shape index (κ3) is 3.18. The van der Waals surface area contributed by atoms with Gasteiger partial charge in [-0.15, -0.1) is 0 Å². The quantitative estimate of drug-likeness (QED) is 0.851. The molecule has 0 radical (unpaired) electrons. The molecule has 0 unspecified atom stereocenters. The number of hydrogen-bond donors (Lipinski definition) is 2. The van der Waals surface area contributed by atoms with Gasteiger partial charge in [0.1, 0.15) is 17.5 Å². The van der Waals surface area contributed by atoms with Crippen LogP contribution in [-0.4, -0.2) is 18.1 Å². The van der Waals surface area contributed by atoms with E-state index in [1.54, 1.807) is 24.3 Å². The number of aromatic nitrogens is 1. The number of nitriles is 1. The van der Waals surface area contributed by atoms with E-state index in [0.29, 0.717) is 6.54 Å². The number of para-hydroxylation sites is 1. The number of nitrogens with zero attached hydrogens (tertiary/aromatic N) is 2. The van der Waals surface area contributed by atoms with Gasteiger partial charge in [0.25, 0.3) is 0 Å². The summed E-state index contributed by atoms with van der Waals surface area (Å²) in [6.45, 7) is 0.556. The molecule has 0 spiro atoms. The summed E-state index contributed by atoms with van der Waals surface area (Å²) in [4.78, 5) is 4.12. The summed E-state index contributed by atoms with van der Waals surface area (Å²) < 4.78 is 40.1. The van der Waals surface area contributed by atoms with Crippen molar-refractivity contribution in [3.05, 3.63) is 47.5 Å². The number of benzene rings is 1. The summed E-state index contributed by atoms with van der Waals surface area (Å²) in [5.74, 6) is -0.0878. The molecule has 1 aromatic carbocycles. The van der Waals surface area contributed by atoms with E-state index in [-0.39, 0.29) is 23.3 Å². The Labute approximate surface area is 125 Å². The maximum absolute atomic E-state index is 13.4. The number of nitrogens with one attached hydrogen (secondary N) is 1. The van der Waals surface area contributed by atoms with E-state index in [2.05, 4.69) is 10.3 Å². The van der Waals surface area contributed by atoms with Gasteiger partial charge in [-0.05, 0) is 6.07 Å². The molecule has 22 heavy (non-hydrogen) atoms. The van der Waals surface area contributed by atoms with Crippen molar-refractivity contribution in [3.8, 4) is 6.07 Å². The van der Waals surface area contributed by atoms with Crippen molar-refractivity contribution in [3.63, 3.8) is 0 Å². The van der Waals surface area contributed by atoms with Crippen LogP contribution in [0.1, 0.15) is 11.1 Å². The van der Waals surface area contributed by atoms with Crippen molar-refractivity contribution in [2.45, 2.75) is 6.18 Å². The third-order valence-corrected chi connectivity index (χ3v) is 2.98. The van der Waals surface area contributed by atoms with Gasteiger partial charge in [-0.25, -0.2) is 4.98 Å². The van der Waals surface area contributed by atoms with Gasteiger partial charge in [-0.1, -0.05) is 30.4 Å². The van der Waals surface area contributed by atoms with Crippen molar-refractivity contribution in [2.24, 2.45) is 5.73 Å². The molecule has 0 aliphatic heterocycles. The molecule has 0 aliphatic carbocycles. The fourth-order valence-corrected chi connectivity index (χ4v) is 2.08. The third-order valence-electron chi connectivity index (χ3n) is 2.98. The van der Waals surface area contributed by atoms with Gasteiger partial charge in [-0.2, -0.15) is 18.4 Å². The van der Waals surface area contributed by atoms with Crippen molar-refractivity contribution in [2.75, 3.05) is 18.4 Å². The monoisotopic (exact) mass is 306 g/mol. The highest BCUT2D eigenvalue weighted by molar-refractivity contribution is 5.87. The van der Waals surface area contributed by atoms with Gasteiger partial charge >= 0.3 is 6.18 Å². The minimum Gasteiger partial charge on any atom is -0.365 e. The second-order valence-electron chi connectivity index (χ2n) is 4.43. The van der Waals surface area contributed by atoms with Crippen LogP contribution in [0.15, 0.2) is 36.4 Å². The number of alkyl halides is 3. The second-order valence-corrected chi connectivity index (χ2v) is 4.43. The van der Waals surface area contributed by atoms with E-state index in [0.717, 1.165) is 0 Å². The van der Waals surface area contributed by atoms with Crippen LogP contribution < -0.4 is 11.1 Å². The lowest BCUT2D eigenvalue weighted by atomic mass is 10.0. The maximum atomic E-state index is 13.4. The zero-order valence-electron chi connectivity index (χ0n) is 11.5. The predicted molar refractivity (Wildman–Crippen MR) is 78.1 cm³/mol. The van der Waals surface area contributed by atoms with Gasteiger partial charge in [0.2, 0.25) is 0 Å². The number of hydrogen-bond acceptors (Lipinski definition) is 4. The lowest BCUT2D eigenvalue weighted by Gasteiger charge is -2.15. The van der Waals surface area contributed by atoms with Crippen molar-refractivity contribution in [1.29, 1.82) is 5.26 Å². The zero-order valence-corrected chi connectivity index (χ0v) is 11.5. The smallest absolute Gasteiger partial charge is 0.365 e. The lowest BCUT2D eigenvalue weighted by molar-refractivity contribution is -0.136. The second kappa shape index (κ2) is 6.45. The average molecular weight is 306 g/mol. The minimum absolute atomic E-state index is 0.0878. The maximum Gasteiger partial charge on any atom is 0.418 e. The molecule has 0 fully saturated rings.